The van der Waals surface area contributed by atoms with Gasteiger partial charge in [0.25, 0.3) is 0 Å². The molecular formula is C15H26O. The summed E-state index contributed by atoms with van der Waals surface area (Å²) in [6.45, 7) is 9.27. The first-order valence-corrected chi connectivity index (χ1v) is 7.13. The molecule has 0 unspecified atom stereocenters. The molecule has 0 radical (unpaired) electrons. The average Bonchev–Trinajstić information content (AvgIpc) is 2.79. The largest absolute Gasteiger partial charge is 0.390 e. The third-order valence-electron chi connectivity index (χ3n) is 6.35. The Morgan fingerprint density at radius 3 is 2.50 bits per heavy atom. The van der Waals surface area contributed by atoms with Crippen LogP contribution in [-0.2, 0) is 0 Å². The summed E-state index contributed by atoms with van der Waals surface area (Å²) in [5.74, 6) is 4.01. The van der Waals surface area contributed by atoms with Gasteiger partial charge in [0.1, 0.15) is 0 Å². The summed E-state index contributed by atoms with van der Waals surface area (Å²) in [5, 5.41) is 10.5. The molecule has 0 saturated heterocycles. The first-order valence-electron chi connectivity index (χ1n) is 7.13. The molecule has 3 aliphatic rings. The third kappa shape index (κ3) is 1.11. The average molecular weight is 222 g/mol. The molecule has 0 aliphatic heterocycles. The van der Waals surface area contributed by atoms with E-state index in [-0.39, 0.29) is 5.60 Å². The second-order valence-corrected chi connectivity index (χ2v) is 7.36. The van der Waals surface area contributed by atoms with Crippen LogP contribution < -0.4 is 0 Å². The molecule has 1 heteroatoms. The molecule has 92 valence electrons. The Kier molecular flexibility index (Phi) is 2.11. The van der Waals surface area contributed by atoms with E-state index >= 15 is 0 Å². The fourth-order valence-electron chi connectivity index (χ4n) is 5.57. The smallest absolute Gasteiger partial charge is 0.0656 e. The van der Waals surface area contributed by atoms with Crippen molar-refractivity contribution in [1.29, 1.82) is 0 Å². The zero-order valence-electron chi connectivity index (χ0n) is 11.2. The number of hydrogen-bond donors (Lipinski definition) is 1. The van der Waals surface area contributed by atoms with Gasteiger partial charge in [0.05, 0.1) is 5.60 Å². The van der Waals surface area contributed by atoms with E-state index in [1.54, 1.807) is 0 Å². The van der Waals surface area contributed by atoms with Crippen molar-refractivity contribution in [3.8, 4) is 0 Å². The van der Waals surface area contributed by atoms with Crippen LogP contribution in [0, 0.1) is 35.0 Å². The quantitative estimate of drug-likeness (QED) is 0.720. The molecule has 3 fully saturated rings. The zero-order valence-corrected chi connectivity index (χ0v) is 11.2. The zero-order chi connectivity index (χ0) is 11.7. The van der Waals surface area contributed by atoms with Crippen molar-refractivity contribution in [2.75, 3.05) is 0 Å². The summed E-state index contributed by atoms with van der Waals surface area (Å²) in [6.07, 6.45) is 5.13. The van der Waals surface area contributed by atoms with Crippen molar-refractivity contribution in [1.82, 2.24) is 0 Å². The van der Waals surface area contributed by atoms with Gasteiger partial charge < -0.3 is 5.11 Å². The monoisotopic (exact) mass is 222 g/mol. The number of aliphatic hydroxyl groups is 1. The van der Waals surface area contributed by atoms with Crippen LogP contribution in [0.25, 0.3) is 0 Å². The van der Waals surface area contributed by atoms with Crippen molar-refractivity contribution in [2.24, 2.45) is 35.0 Å². The molecule has 0 bridgehead atoms. The maximum absolute atomic E-state index is 10.5. The normalized spacial score (nSPS) is 59.6. The number of fused-ring (bicyclic) bond motifs is 1. The van der Waals surface area contributed by atoms with Gasteiger partial charge in [-0.15, -0.1) is 0 Å². The molecule has 1 nitrogen and oxygen atoms in total. The second kappa shape index (κ2) is 3.04. The Labute approximate surface area is 99.6 Å². The SMILES string of the molecule is CC(C)[C@H]1CC[C@H](C)[C@]23CC[C@](C)(O)[C@H]2[C@H]13. The van der Waals surface area contributed by atoms with Crippen LogP contribution in [0.4, 0.5) is 0 Å². The summed E-state index contributed by atoms with van der Waals surface area (Å²) < 4.78 is 0. The summed E-state index contributed by atoms with van der Waals surface area (Å²) in [4.78, 5) is 0. The van der Waals surface area contributed by atoms with Gasteiger partial charge in [-0.2, -0.15) is 0 Å². The van der Waals surface area contributed by atoms with Gasteiger partial charge in [0.2, 0.25) is 0 Å². The molecule has 16 heavy (non-hydrogen) atoms. The van der Waals surface area contributed by atoms with E-state index in [1.165, 1.54) is 19.3 Å². The molecule has 0 amide bonds. The predicted octanol–water partition coefficient (Wildman–Crippen LogP) is 3.47. The fourth-order valence-corrected chi connectivity index (χ4v) is 5.57. The topological polar surface area (TPSA) is 20.2 Å². The van der Waals surface area contributed by atoms with Gasteiger partial charge >= 0.3 is 0 Å². The highest BCUT2D eigenvalue weighted by Gasteiger charge is 2.77. The summed E-state index contributed by atoms with van der Waals surface area (Å²) in [7, 11) is 0. The van der Waals surface area contributed by atoms with Crippen LogP contribution in [0.2, 0.25) is 0 Å². The van der Waals surface area contributed by atoms with Gasteiger partial charge in [0, 0.05) is 0 Å². The Hall–Kier alpha value is -0.0400. The van der Waals surface area contributed by atoms with E-state index in [4.69, 9.17) is 0 Å². The van der Waals surface area contributed by atoms with Crippen molar-refractivity contribution >= 4 is 0 Å². The minimum absolute atomic E-state index is 0.351. The van der Waals surface area contributed by atoms with Crippen LogP contribution in [-0.4, -0.2) is 10.7 Å². The maximum Gasteiger partial charge on any atom is 0.0656 e. The van der Waals surface area contributed by atoms with Crippen molar-refractivity contribution < 1.29 is 5.11 Å². The Balaban J connectivity index is 1.92. The second-order valence-electron chi connectivity index (χ2n) is 7.36. The lowest BCUT2D eigenvalue weighted by atomic mass is 9.69. The first-order chi connectivity index (χ1) is 7.41. The summed E-state index contributed by atoms with van der Waals surface area (Å²) >= 11 is 0. The van der Waals surface area contributed by atoms with Gasteiger partial charge in [0.15, 0.2) is 0 Å². The minimum Gasteiger partial charge on any atom is -0.390 e. The van der Waals surface area contributed by atoms with Gasteiger partial charge in [-0.3, -0.25) is 0 Å². The van der Waals surface area contributed by atoms with Crippen LogP contribution in [0.3, 0.4) is 0 Å². The predicted molar refractivity (Wildman–Crippen MR) is 66.0 cm³/mol. The molecular weight excluding hydrogens is 196 g/mol. The highest BCUT2D eigenvalue weighted by Crippen LogP contribution is 2.80. The molecule has 0 heterocycles. The number of hydrogen-bond acceptors (Lipinski definition) is 1. The Morgan fingerprint density at radius 2 is 1.88 bits per heavy atom. The molecule has 3 rings (SSSR count). The molecule has 3 saturated carbocycles. The van der Waals surface area contributed by atoms with Crippen LogP contribution in [0.1, 0.15) is 53.4 Å². The van der Waals surface area contributed by atoms with E-state index in [1.807, 2.05) is 0 Å². The minimum atomic E-state index is -0.351. The summed E-state index contributed by atoms with van der Waals surface area (Å²) in [5.41, 5.74) is 0.201. The van der Waals surface area contributed by atoms with E-state index in [0.717, 1.165) is 30.1 Å². The molecule has 0 aromatic carbocycles. The lowest BCUT2D eigenvalue weighted by Gasteiger charge is -2.36. The molecule has 1 N–H and O–H groups in total. The first kappa shape index (κ1) is 11.1. The molecule has 0 aromatic rings. The van der Waals surface area contributed by atoms with Crippen molar-refractivity contribution in [3.63, 3.8) is 0 Å². The molecule has 6 atom stereocenters. The highest BCUT2D eigenvalue weighted by molar-refractivity contribution is 5.26. The third-order valence-corrected chi connectivity index (χ3v) is 6.35. The summed E-state index contributed by atoms with van der Waals surface area (Å²) in [6, 6.07) is 0. The van der Waals surface area contributed by atoms with E-state index in [9.17, 15) is 5.11 Å². The van der Waals surface area contributed by atoms with Crippen LogP contribution in [0.15, 0.2) is 0 Å². The van der Waals surface area contributed by atoms with Gasteiger partial charge in [-0.05, 0) is 67.6 Å². The Bertz CT molecular complexity index is 307. The fraction of sp³-hybridized carbons (Fsp3) is 1.00. The van der Waals surface area contributed by atoms with E-state index in [2.05, 4.69) is 27.7 Å². The lowest BCUT2D eigenvalue weighted by molar-refractivity contribution is 0.0291. The van der Waals surface area contributed by atoms with Crippen LogP contribution in [0.5, 0.6) is 0 Å². The maximum atomic E-state index is 10.5. The highest BCUT2D eigenvalue weighted by atomic mass is 16.3. The van der Waals surface area contributed by atoms with Crippen molar-refractivity contribution in [2.45, 2.75) is 59.0 Å². The number of rotatable bonds is 1. The lowest BCUT2D eigenvalue weighted by Crippen LogP contribution is -2.30. The van der Waals surface area contributed by atoms with E-state index in [0.29, 0.717) is 11.3 Å². The molecule has 1 spiro atoms. The van der Waals surface area contributed by atoms with Gasteiger partial charge in [-0.1, -0.05) is 20.8 Å². The van der Waals surface area contributed by atoms with Gasteiger partial charge in [-0.25, -0.2) is 0 Å². The standard InChI is InChI=1S/C15H26O/c1-9(2)11-6-5-10(3)15-8-7-14(4,16)13(15)12(11)15/h9-13,16H,5-8H2,1-4H3/t10-,11+,12-,13+,14-,15-/m0/s1. The molecule has 0 aromatic heterocycles. The Morgan fingerprint density at radius 1 is 1.19 bits per heavy atom. The van der Waals surface area contributed by atoms with E-state index < -0.39 is 0 Å². The molecule has 3 aliphatic carbocycles. The van der Waals surface area contributed by atoms with Crippen molar-refractivity contribution in [3.05, 3.63) is 0 Å². The van der Waals surface area contributed by atoms with Crippen LogP contribution >= 0.6 is 0 Å².